The molecule has 0 spiro atoms. The highest BCUT2D eigenvalue weighted by atomic mass is 16.5. The van der Waals surface area contributed by atoms with Gasteiger partial charge in [0.1, 0.15) is 18.1 Å². The van der Waals surface area contributed by atoms with Gasteiger partial charge in [0.2, 0.25) is 0 Å². The molecule has 0 aliphatic carbocycles. The first-order valence-electron chi connectivity index (χ1n) is 5.39. The predicted octanol–water partition coefficient (Wildman–Crippen LogP) is 1.04. The molecule has 1 aromatic rings. The summed E-state index contributed by atoms with van der Waals surface area (Å²) in [5.41, 5.74) is 0. The van der Waals surface area contributed by atoms with Crippen molar-refractivity contribution in [1.29, 1.82) is 0 Å². The summed E-state index contributed by atoms with van der Waals surface area (Å²) < 4.78 is 10.8. The molecule has 0 saturated carbocycles. The zero-order chi connectivity index (χ0) is 10.5. The molecule has 1 atom stereocenters. The van der Waals surface area contributed by atoms with Gasteiger partial charge in [-0.15, -0.1) is 0 Å². The fraction of sp³-hybridized carbons (Fsp3) is 0.636. The number of nitrogens with one attached hydrogen (secondary N) is 1. The van der Waals surface area contributed by atoms with Gasteiger partial charge in [-0.25, -0.2) is 0 Å². The summed E-state index contributed by atoms with van der Waals surface area (Å²) >= 11 is 0. The molecule has 1 aliphatic rings. The quantitative estimate of drug-likeness (QED) is 0.764. The van der Waals surface area contributed by atoms with E-state index in [4.69, 9.17) is 14.3 Å². The standard InChI is InChI=1S/C11H17NO3/c13-8-11-4-3-10(15-11)7-12-6-9-2-1-5-14-9/h3-4,9,12-13H,1-2,5-8H2/t9-/m1/s1. The lowest BCUT2D eigenvalue weighted by atomic mass is 10.2. The van der Waals surface area contributed by atoms with Crippen LogP contribution in [-0.2, 0) is 17.9 Å². The van der Waals surface area contributed by atoms with Crippen molar-refractivity contribution in [3.8, 4) is 0 Å². The Bertz CT molecular complexity index is 292. The third kappa shape index (κ3) is 3.06. The van der Waals surface area contributed by atoms with E-state index in [0.29, 0.717) is 18.4 Å². The van der Waals surface area contributed by atoms with E-state index in [2.05, 4.69) is 5.32 Å². The van der Waals surface area contributed by atoms with Crippen LogP contribution >= 0.6 is 0 Å². The second kappa shape index (κ2) is 5.30. The van der Waals surface area contributed by atoms with E-state index in [9.17, 15) is 0 Å². The zero-order valence-corrected chi connectivity index (χ0v) is 8.74. The van der Waals surface area contributed by atoms with E-state index >= 15 is 0 Å². The van der Waals surface area contributed by atoms with Gasteiger partial charge >= 0.3 is 0 Å². The molecule has 0 unspecified atom stereocenters. The van der Waals surface area contributed by atoms with Gasteiger partial charge in [-0.2, -0.15) is 0 Å². The Morgan fingerprint density at radius 3 is 2.93 bits per heavy atom. The Morgan fingerprint density at radius 1 is 1.40 bits per heavy atom. The highest BCUT2D eigenvalue weighted by Crippen LogP contribution is 2.11. The molecular formula is C11H17NO3. The van der Waals surface area contributed by atoms with Crippen LogP contribution in [0.5, 0.6) is 0 Å². The first-order chi connectivity index (χ1) is 7.38. The number of aliphatic hydroxyl groups is 1. The molecule has 0 bridgehead atoms. The van der Waals surface area contributed by atoms with Crippen molar-refractivity contribution in [2.24, 2.45) is 0 Å². The van der Waals surface area contributed by atoms with Crippen LogP contribution in [0.3, 0.4) is 0 Å². The normalized spacial score (nSPS) is 21.0. The minimum absolute atomic E-state index is 0.0360. The number of ether oxygens (including phenoxy) is 1. The molecule has 84 valence electrons. The minimum Gasteiger partial charge on any atom is -0.462 e. The van der Waals surface area contributed by atoms with Crippen molar-refractivity contribution in [2.45, 2.75) is 32.1 Å². The van der Waals surface area contributed by atoms with E-state index in [1.54, 1.807) is 6.07 Å². The van der Waals surface area contributed by atoms with E-state index < -0.39 is 0 Å². The molecule has 2 heterocycles. The van der Waals surface area contributed by atoms with Gasteiger partial charge < -0.3 is 19.6 Å². The molecule has 0 radical (unpaired) electrons. The van der Waals surface area contributed by atoms with Crippen molar-refractivity contribution in [2.75, 3.05) is 13.2 Å². The van der Waals surface area contributed by atoms with Crippen LogP contribution in [0.25, 0.3) is 0 Å². The largest absolute Gasteiger partial charge is 0.462 e. The van der Waals surface area contributed by atoms with Crippen LogP contribution in [0, 0.1) is 0 Å². The first kappa shape index (κ1) is 10.7. The molecule has 4 nitrogen and oxygen atoms in total. The van der Waals surface area contributed by atoms with Gasteiger partial charge in [0.25, 0.3) is 0 Å². The first-order valence-corrected chi connectivity index (χ1v) is 5.39. The lowest BCUT2D eigenvalue weighted by Gasteiger charge is -2.09. The Kier molecular flexibility index (Phi) is 3.77. The maximum absolute atomic E-state index is 8.81. The molecule has 15 heavy (non-hydrogen) atoms. The van der Waals surface area contributed by atoms with Crippen molar-refractivity contribution in [1.82, 2.24) is 5.32 Å². The van der Waals surface area contributed by atoms with E-state index in [0.717, 1.165) is 25.3 Å². The highest BCUT2D eigenvalue weighted by Gasteiger charge is 2.14. The van der Waals surface area contributed by atoms with Gasteiger partial charge in [-0.3, -0.25) is 0 Å². The third-order valence-corrected chi connectivity index (χ3v) is 2.57. The molecule has 0 amide bonds. The van der Waals surface area contributed by atoms with Crippen LogP contribution in [0.4, 0.5) is 0 Å². The van der Waals surface area contributed by atoms with Crippen molar-refractivity contribution in [3.05, 3.63) is 23.7 Å². The summed E-state index contributed by atoms with van der Waals surface area (Å²) in [6.07, 6.45) is 2.67. The second-order valence-electron chi connectivity index (χ2n) is 3.79. The monoisotopic (exact) mass is 211 g/mol. The molecule has 1 aromatic heterocycles. The van der Waals surface area contributed by atoms with Crippen molar-refractivity contribution in [3.63, 3.8) is 0 Å². The smallest absolute Gasteiger partial charge is 0.129 e. The number of hydrogen-bond acceptors (Lipinski definition) is 4. The maximum atomic E-state index is 8.81. The molecule has 1 saturated heterocycles. The summed E-state index contributed by atoms with van der Waals surface area (Å²) in [4.78, 5) is 0. The fourth-order valence-corrected chi connectivity index (χ4v) is 1.76. The van der Waals surface area contributed by atoms with Crippen LogP contribution in [0.1, 0.15) is 24.4 Å². The maximum Gasteiger partial charge on any atom is 0.129 e. The van der Waals surface area contributed by atoms with Crippen LogP contribution in [0.15, 0.2) is 16.5 Å². The molecule has 4 heteroatoms. The van der Waals surface area contributed by atoms with Gasteiger partial charge in [0.05, 0.1) is 12.6 Å². The Morgan fingerprint density at radius 2 is 2.27 bits per heavy atom. The van der Waals surface area contributed by atoms with E-state index in [1.165, 1.54) is 6.42 Å². The lowest BCUT2D eigenvalue weighted by Crippen LogP contribution is -2.25. The van der Waals surface area contributed by atoms with Crippen molar-refractivity contribution < 1.29 is 14.3 Å². The summed E-state index contributed by atoms with van der Waals surface area (Å²) in [7, 11) is 0. The van der Waals surface area contributed by atoms with Crippen LogP contribution in [0.2, 0.25) is 0 Å². The number of rotatable bonds is 5. The van der Waals surface area contributed by atoms with Crippen molar-refractivity contribution >= 4 is 0 Å². The molecule has 1 fully saturated rings. The summed E-state index contributed by atoms with van der Waals surface area (Å²) in [6, 6.07) is 3.68. The predicted molar refractivity (Wildman–Crippen MR) is 55.3 cm³/mol. The van der Waals surface area contributed by atoms with Crippen LogP contribution in [-0.4, -0.2) is 24.4 Å². The molecular weight excluding hydrogens is 194 g/mol. The molecule has 2 rings (SSSR count). The number of hydrogen-bond donors (Lipinski definition) is 2. The second-order valence-corrected chi connectivity index (χ2v) is 3.79. The average molecular weight is 211 g/mol. The van der Waals surface area contributed by atoms with Gasteiger partial charge in [-0.05, 0) is 25.0 Å². The van der Waals surface area contributed by atoms with E-state index in [-0.39, 0.29) is 6.61 Å². The zero-order valence-electron chi connectivity index (χ0n) is 8.74. The molecule has 2 N–H and O–H groups in total. The topological polar surface area (TPSA) is 54.6 Å². The summed E-state index contributed by atoms with van der Waals surface area (Å²) in [6.45, 7) is 2.42. The number of furan rings is 1. The molecule has 0 aromatic carbocycles. The fourth-order valence-electron chi connectivity index (χ4n) is 1.76. The van der Waals surface area contributed by atoms with Crippen LogP contribution < -0.4 is 5.32 Å². The molecule has 1 aliphatic heterocycles. The highest BCUT2D eigenvalue weighted by molar-refractivity contribution is 5.06. The van der Waals surface area contributed by atoms with E-state index in [1.807, 2.05) is 6.07 Å². The summed E-state index contributed by atoms with van der Waals surface area (Å²) in [5, 5.41) is 12.1. The van der Waals surface area contributed by atoms with Gasteiger partial charge in [-0.1, -0.05) is 0 Å². The lowest BCUT2D eigenvalue weighted by molar-refractivity contribution is 0.109. The Balaban J connectivity index is 1.68. The Hall–Kier alpha value is -0.840. The third-order valence-electron chi connectivity index (χ3n) is 2.57. The van der Waals surface area contributed by atoms with Gasteiger partial charge in [0.15, 0.2) is 0 Å². The SMILES string of the molecule is OCc1ccc(CNC[C@H]2CCCO2)o1. The summed E-state index contributed by atoms with van der Waals surface area (Å²) in [5.74, 6) is 1.47. The minimum atomic E-state index is -0.0360. The Labute approximate surface area is 89.2 Å². The number of aliphatic hydroxyl groups excluding tert-OH is 1. The average Bonchev–Trinajstić information content (AvgIpc) is 2.88. The van der Waals surface area contributed by atoms with Gasteiger partial charge in [0, 0.05) is 13.2 Å².